The maximum absolute atomic E-state index is 10.5. The van der Waals surface area contributed by atoms with E-state index in [0.717, 1.165) is 0 Å². The highest BCUT2D eigenvalue weighted by atomic mass is 16.5. The van der Waals surface area contributed by atoms with Gasteiger partial charge in [-0.3, -0.25) is 9.59 Å². The third kappa shape index (κ3) is 9.03. The molecule has 0 amide bonds. The summed E-state index contributed by atoms with van der Waals surface area (Å²) >= 11 is 0. The van der Waals surface area contributed by atoms with Gasteiger partial charge in [0.2, 0.25) is 0 Å². The highest BCUT2D eigenvalue weighted by Gasteiger charge is 2.21. The molecule has 0 aliphatic heterocycles. The summed E-state index contributed by atoms with van der Waals surface area (Å²) in [6.45, 7) is 6.94. The Morgan fingerprint density at radius 1 is 1.00 bits per heavy atom. The number of ether oxygens (including phenoxy) is 2. The van der Waals surface area contributed by atoms with Crippen LogP contribution in [0.1, 0.15) is 35.1 Å². The van der Waals surface area contributed by atoms with Gasteiger partial charge in [-0.1, -0.05) is 21.3 Å². The van der Waals surface area contributed by atoms with Crippen molar-refractivity contribution < 1.29 is 19.1 Å². The SMILES string of the molecule is C.CC(=O)OCC(C)(C)COC(C)=O. The molecule has 4 heteroatoms. The molecule has 84 valence electrons. The van der Waals surface area contributed by atoms with Gasteiger partial charge in [-0.2, -0.15) is 0 Å². The van der Waals surface area contributed by atoms with E-state index in [1.807, 2.05) is 13.8 Å². The summed E-state index contributed by atoms with van der Waals surface area (Å²) < 4.78 is 9.62. The molecule has 0 saturated carbocycles. The van der Waals surface area contributed by atoms with E-state index in [-0.39, 0.29) is 38.0 Å². The van der Waals surface area contributed by atoms with E-state index in [4.69, 9.17) is 9.47 Å². The molecule has 0 bridgehead atoms. The first kappa shape index (κ1) is 15.4. The van der Waals surface area contributed by atoms with Gasteiger partial charge in [-0.05, 0) is 0 Å². The van der Waals surface area contributed by atoms with Crippen molar-refractivity contribution in [3.05, 3.63) is 0 Å². The lowest BCUT2D eigenvalue weighted by molar-refractivity contribution is -0.149. The van der Waals surface area contributed by atoms with Crippen molar-refractivity contribution in [1.82, 2.24) is 0 Å². The van der Waals surface area contributed by atoms with Crippen LogP contribution in [0.15, 0.2) is 0 Å². The first-order chi connectivity index (χ1) is 5.83. The molecule has 0 saturated heterocycles. The minimum absolute atomic E-state index is 0. The Kier molecular flexibility index (Phi) is 7.05. The molecule has 0 aliphatic rings. The second kappa shape index (κ2) is 6.40. The Bertz CT molecular complexity index is 176. The smallest absolute Gasteiger partial charge is 0.302 e. The van der Waals surface area contributed by atoms with Crippen LogP contribution in [0, 0.1) is 5.41 Å². The molecule has 0 atom stereocenters. The molecular formula is C10H20O4. The molecule has 0 unspecified atom stereocenters. The van der Waals surface area contributed by atoms with Crippen LogP contribution in [0.3, 0.4) is 0 Å². The number of carbonyl (C=O) groups excluding carboxylic acids is 2. The van der Waals surface area contributed by atoms with Crippen LogP contribution in [-0.2, 0) is 19.1 Å². The van der Waals surface area contributed by atoms with E-state index in [9.17, 15) is 9.59 Å². The van der Waals surface area contributed by atoms with Gasteiger partial charge >= 0.3 is 11.9 Å². The third-order valence-corrected chi connectivity index (χ3v) is 1.33. The largest absolute Gasteiger partial charge is 0.465 e. The molecule has 0 aromatic heterocycles. The lowest BCUT2D eigenvalue weighted by Gasteiger charge is -2.22. The number of rotatable bonds is 4. The van der Waals surface area contributed by atoms with Crippen molar-refractivity contribution in [3.63, 3.8) is 0 Å². The van der Waals surface area contributed by atoms with Crippen molar-refractivity contribution in [2.75, 3.05) is 13.2 Å². The molecule has 0 aliphatic carbocycles. The summed E-state index contributed by atoms with van der Waals surface area (Å²) in [6.07, 6.45) is 0. The van der Waals surface area contributed by atoms with Gasteiger partial charge in [0, 0.05) is 19.3 Å². The van der Waals surface area contributed by atoms with Gasteiger partial charge < -0.3 is 9.47 Å². The molecule has 0 spiro atoms. The van der Waals surface area contributed by atoms with Crippen LogP contribution < -0.4 is 0 Å². The second-order valence-corrected chi connectivity index (χ2v) is 3.72. The summed E-state index contributed by atoms with van der Waals surface area (Å²) in [6, 6.07) is 0. The van der Waals surface area contributed by atoms with Crippen LogP contribution in [0.4, 0.5) is 0 Å². The first-order valence-electron chi connectivity index (χ1n) is 4.10. The molecule has 14 heavy (non-hydrogen) atoms. The van der Waals surface area contributed by atoms with Crippen LogP contribution in [0.5, 0.6) is 0 Å². The first-order valence-corrected chi connectivity index (χ1v) is 4.10. The van der Waals surface area contributed by atoms with Crippen molar-refractivity contribution in [2.24, 2.45) is 5.41 Å². The van der Waals surface area contributed by atoms with Gasteiger partial charge in [0.1, 0.15) is 0 Å². The van der Waals surface area contributed by atoms with Crippen LogP contribution in [0.2, 0.25) is 0 Å². The number of esters is 2. The van der Waals surface area contributed by atoms with E-state index in [2.05, 4.69) is 0 Å². The van der Waals surface area contributed by atoms with E-state index >= 15 is 0 Å². The standard InChI is InChI=1S/C9H16O4.CH4/c1-7(10)12-5-9(3,4)6-13-8(2)11;/h5-6H2,1-4H3;1H4. The fraction of sp³-hybridized carbons (Fsp3) is 0.800. The number of hydrogen-bond donors (Lipinski definition) is 0. The van der Waals surface area contributed by atoms with Crippen molar-refractivity contribution in [2.45, 2.75) is 35.1 Å². The van der Waals surface area contributed by atoms with Crippen LogP contribution >= 0.6 is 0 Å². The minimum atomic E-state index is -0.323. The monoisotopic (exact) mass is 204 g/mol. The Labute approximate surface area is 85.6 Å². The van der Waals surface area contributed by atoms with E-state index in [1.165, 1.54) is 13.8 Å². The minimum Gasteiger partial charge on any atom is -0.465 e. The lowest BCUT2D eigenvalue weighted by atomic mass is 9.96. The number of carbonyl (C=O) groups is 2. The summed E-state index contributed by atoms with van der Waals surface area (Å²) in [4.78, 5) is 21.0. The Balaban J connectivity index is 0. The molecule has 0 rings (SSSR count). The summed E-state index contributed by atoms with van der Waals surface area (Å²) in [5.41, 5.74) is -0.322. The molecule has 0 radical (unpaired) electrons. The average molecular weight is 204 g/mol. The van der Waals surface area contributed by atoms with Crippen LogP contribution in [-0.4, -0.2) is 25.2 Å². The predicted molar refractivity (Wildman–Crippen MR) is 53.8 cm³/mol. The normalized spacial score (nSPS) is 10.0. The van der Waals surface area contributed by atoms with Crippen molar-refractivity contribution in [1.29, 1.82) is 0 Å². The quantitative estimate of drug-likeness (QED) is 0.655. The average Bonchev–Trinajstić information content (AvgIpc) is 1.98. The van der Waals surface area contributed by atoms with Crippen molar-refractivity contribution in [3.8, 4) is 0 Å². The lowest BCUT2D eigenvalue weighted by Crippen LogP contribution is -2.27. The zero-order chi connectivity index (χ0) is 10.5. The van der Waals surface area contributed by atoms with Gasteiger partial charge in [0.15, 0.2) is 0 Å². The van der Waals surface area contributed by atoms with Crippen molar-refractivity contribution >= 4 is 11.9 Å². The van der Waals surface area contributed by atoms with Gasteiger partial charge in [0.05, 0.1) is 13.2 Å². The number of hydrogen-bond acceptors (Lipinski definition) is 4. The fourth-order valence-electron chi connectivity index (χ4n) is 0.636. The molecular weight excluding hydrogens is 184 g/mol. The molecule has 0 heterocycles. The van der Waals surface area contributed by atoms with Gasteiger partial charge in [-0.25, -0.2) is 0 Å². The zero-order valence-electron chi connectivity index (χ0n) is 8.55. The molecule has 4 nitrogen and oxygen atoms in total. The second-order valence-electron chi connectivity index (χ2n) is 3.72. The van der Waals surface area contributed by atoms with Crippen LogP contribution in [0.25, 0.3) is 0 Å². The molecule has 0 aromatic rings. The fourth-order valence-corrected chi connectivity index (χ4v) is 0.636. The summed E-state index contributed by atoms with van der Waals surface area (Å²) in [5.74, 6) is -0.646. The molecule has 0 fully saturated rings. The summed E-state index contributed by atoms with van der Waals surface area (Å²) in [5, 5.41) is 0. The topological polar surface area (TPSA) is 52.6 Å². The van der Waals surface area contributed by atoms with E-state index in [0.29, 0.717) is 0 Å². The van der Waals surface area contributed by atoms with Gasteiger partial charge in [-0.15, -0.1) is 0 Å². The van der Waals surface area contributed by atoms with E-state index in [1.54, 1.807) is 0 Å². The summed E-state index contributed by atoms with van der Waals surface area (Å²) in [7, 11) is 0. The zero-order valence-corrected chi connectivity index (χ0v) is 8.55. The van der Waals surface area contributed by atoms with E-state index < -0.39 is 0 Å². The maximum Gasteiger partial charge on any atom is 0.302 e. The predicted octanol–water partition coefficient (Wildman–Crippen LogP) is 1.77. The Morgan fingerprint density at radius 3 is 1.50 bits per heavy atom. The van der Waals surface area contributed by atoms with Gasteiger partial charge in [0.25, 0.3) is 0 Å². The highest BCUT2D eigenvalue weighted by Crippen LogP contribution is 2.15. The maximum atomic E-state index is 10.5. The third-order valence-electron chi connectivity index (χ3n) is 1.33. The molecule has 0 aromatic carbocycles. The molecule has 0 N–H and O–H groups in total. The Morgan fingerprint density at radius 2 is 1.29 bits per heavy atom. The highest BCUT2D eigenvalue weighted by molar-refractivity contribution is 5.66. The Hall–Kier alpha value is -1.06.